The van der Waals surface area contributed by atoms with E-state index in [4.69, 9.17) is 0 Å². The number of nitrogens with zero attached hydrogens (tertiary/aromatic N) is 2. The van der Waals surface area contributed by atoms with Crippen LogP contribution in [-0.4, -0.2) is 27.9 Å². The second-order valence-electron chi connectivity index (χ2n) is 4.71. The van der Waals surface area contributed by atoms with Gasteiger partial charge in [-0.15, -0.1) is 0 Å². The fraction of sp³-hybridized carbons (Fsp3) is 0. The van der Waals surface area contributed by atoms with E-state index in [9.17, 15) is 29.7 Å². The van der Waals surface area contributed by atoms with Crippen molar-refractivity contribution in [2.75, 3.05) is 0 Å². The number of aromatic carboxylic acids is 3. The molecule has 8 nitrogen and oxygen atoms in total. The van der Waals surface area contributed by atoms with Gasteiger partial charge in [-0.3, -0.25) is 9.97 Å². The normalized spacial score (nSPS) is 8.00. The van der Waals surface area contributed by atoms with Crippen molar-refractivity contribution in [3.8, 4) is 0 Å². The summed E-state index contributed by atoms with van der Waals surface area (Å²) in [5.74, 6) is -3.51. The summed E-state index contributed by atoms with van der Waals surface area (Å²) in [4.78, 5) is 37.4. The van der Waals surface area contributed by atoms with E-state index in [-0.39, 0.29) is 105 Å². The van der Waals surface area contributed by atoms with Gasteiger partial charge in [-0.05, 0) is 17.7 Å². The molecule has 2 heterocycles. The zero-order valence-corrected chi connectivity index (χ0v) is 22.8. The third-order valence-electron chi connectivity index (χ3n) is 2.80. The van der Waals surface area contributed by atoms with Crippen molar-refractivity contribution >= 4 is 17.9 Å². The smallest absolute Gasteiger partial charge is 0.545 e. The molecule has 0 unspecified atom stereocenters. The monoisotopic (exact) mass is 434 g/mol. The predicted octanol–water partition coefficient (Wildman–Crippen LogP) is -10.0. The Hall–Kier alpha value is -1.07. The van der Waals surface area contributed by atoms with E-state index in [0.717, 1.165) is 0 Å². The molecule has 0 aliphatic heterocycles. The fourth-order valence-electron chi connectivity index (χ4n) is 1.54. The summed E-state index contributed by atoms with van der Waals surface area (Å²) in [6, 6.07) is 14.0. The standard InChI is InChI=1S/C7H6O2.2C6H5NO2.3Na/c8-7(9)6-4-2-1-3-5-6;2*8-6(9)5-2-1-3-7-4-5;;;/h1-5H,(H,8,9);2*1-4H,(H,8,9);;;/q;;;3*+1/p-3. The van der Waals surface area contributed by atoms with E-state index in [1.54, 1.807) is 30.3 Å². The Morgan fingerprint density at radius 2 is 0.867 bits per heavy atom. The molecule has 1 aromatic carbocycles. The maximum atomic E-state index is 10.1. The molecule has 138 valence electrons. The van der Waals surface area contributed by atoms with Crippen LogP contribution in [-0.2, 0) is 0 Å². The van der Waals surface area contributed by atoms with Gasteiger partial charge < -0.3 is 29.7 Å². The minimum absolute atomic E-state index is 0. The van der Waals surface area contributed by atoms with Crippen molar-refractivity contribution in [1.29, 1.82) is 0 Å². The van der Waals surface area contributed by atoms with E-state index >= 15 is 0 Å². The van der Waals surface area contributed by atoms with E-state index in [1.165, 1.54) is 49.1 Å². The number of benzene rings is 1. The Kier molecular flexibility index (Phi) is 22.2. The molecule has 0 saturated carbocycles. The van der Waals surface area contributed by atoms with Crippen LogP contribution >= 0.6 is 0 Å². The third kappa shape index (κ3) is 14.8. The molecule has 0 saturated heterocycles. The number of pyridine rings is 2. The van der Waals surface area contributed by atoms with E-state index in [1.807, 2.05) is 0 Å². The SMILES string of the molecule is O=C([O-])c1ccccc1.O=C([O-])c1cccnc1.O=C([O-])c1cccnc1.[Na+].[Na+].[Na+]. The van der Waals surface area contributed by atoms with Gasteiger partial charge in [0.05, 0.1) is 17.9 Å². The topological polar surface area (TPSA) is 146 Å². The summed E-state index contributed by atoms with van der Waals surface area (Å²) < 4.78 is 0. The van der Waals surface area contributed by atoms with Gasteiger partial charge >= 0.3 is 88.7 Å². The van der Waals surface area contributed by atoms with Gasteiger partial charge in [-0.25, -0.2) is 0 Å². The van der Waals surface area contributed by atoms with Crippen molar-refractivity contribution in [1.82, 2.24) is 9.97 Å². The molecule has 0 bridgehead atoms. The number of carbonyl (C=O) groups excluding carboxylic acids is 3. The van der Waals surface area contributed by atoms with E-state index in [0.29, 0.717) is 0 Å². The van der Waals surface area contributed by atoms with Gasteiger partial charge in [0, 0.05) is 35.9 Å². The van der Waals surface area contributed by atoms with Crippen LogP contribution < -0.4 is 104 Å². The summed E-state index contributed by atoms with van der Waals surface area (Å²) in [5.41, 5.74) is 0.438. The van der Waals surface area contributed by atoms with Gasteiger partial charge in [-0.1, -0.05) is 42.5 Å². The maximum Gasteiger partial charge on any atom is 1.00 e. The molecule has 0 aliphatic carbocycles. The second-order valence-corrected chi connectivity index (χ2v) is 4.71. The molecular formula is C19H13N2Na3O6. The van der Waals surface area contributed by atoms with Crippen LogP contribution in [0.2, 0.25) is 0 Å². The third-order valence-corrected chi connectivity index (χ3v) is 2.80. The molecule has 0 spiro atoms. The number of carboxylic acid groups (broad SMARTS) is 3. The van der Waals surface area contributed by atoms with Gasteiger partial charge in [0.25, 0.3) is 0 Å². The van der Waals surface area contributed by atoms with Crippen molar-refractivity contribution < 1.29 is 118 Å². The molecule has 11 heteroatoms. The number of rotatable bonds is 3. The molecule has 30 heavy (non-hydrogen) atoms. The molecule has 0 atom stereocenters. The average Bonchev–Trinajstić information content (AvgIpc) is 2.71. The van der Waals surface area contributed by atoms with Gasteiger partial charge in [-0.2, -0.15) is 0 Å². The predicted molar refractivity (Wildman–Crippen MR) is 87.9 cm³/mol. The van der Waals surface area contributed by atoms with Gasteiger partial charge in [0.1, 0.15) is 0 Å². The van der Waals surface area contributed by atoms with Crippen LogP contribution in [0.4, 0.5) is 0 Å². The first kappa shape index (κ1) is 33.6. The van der Waals surface area contributed by atoms with Gasteiger partial charge in [0.2, 0.25) is 0 Å². The summed E-state index contributed by atoms with van der Waals surface area (Å²) >= 11 is 0. The van der Waals surface area contributed by atoms with Crippen LogP contribution in [0, 0.1) is 0 Å². The first-order valence-corrected chi connectivity index (χ1v) is 7.41. The van der Waals surface area contributed by atoms with Crippen molar-refractivity contribution in [3.63, 3.8) is 0 Å². The zero-order valence-electron chi connectivity index (χ0n) is 16.8. The molecule has 0 fully saturated rings. The summed E-state index contributed by atoms with van der Waals surface area (Å²) in [7, 11) is 0. The molecule has 0 radical (unpaired) electrons. The van der Waals surface area contributed by atoms with Gasteiger partial charge in [0.15, 0.2) is 0 Å². The van der Waals surface area contributed by atoms with Crippen molar-refractivity contribution in [3.05, 3.63) is 96.1 Å². The molecule has 2 aromatic heterocycles. The first-order valence-electron chi connectivity index (χ1n) is 7.41. The van der Waals surface area contributed by atoms with Crippen molar-refractivity contribution in [2.45, 2.75) is 0 Å². The average molecular weight is 434 g/mol. The number of hydrogen-bond donors (Lipinski definition) is 0. The Bertz CT molecular complexity index is 752. The quantitative estimate of drug-likeness (QED) is 0.370. The molecule has 0 aliphatic rings. The fourth-order valence-corrected chi connectivity index (χ4v) is 1.54. The van der Waals surface area contributed by atoms with Crippen LogP contribution in [0.1, 0.15) is 31.1 Å². The zero-order chi connectivity index (χ0) is 20.1. The first-order chi connectivity index (χ1) is 12.9. The summed E-state index contributed by atoms with van der Waals surface area (Å²) in [6.45, 7) is 0. The molecule has 3 aromatic rings. The minimum Gasteiger partial charge on any atom is -0.545 e. The van der Waals surface area contributed by atoms with Crippen LogP contribution in [0.15, 0.2) is 79.4 Å². The second kappa shape index (κ2) is 19.9. The Morgan fingerprint density at radius 3 is 1.07 bits per heavy atom. The molecule has 3 rings (SSSR count). The number of aromatic nitrogens is 2. The number of carbonyl (C=O) groups is 3. The summed E-state index contributed by atoms with van der Waals surface area (Å²) in [5, 5.41) is 30.2. The minimum atomic E-state index is -1.19. The number of hydrogen-bond acceptors (Lipinski definition) is 8. The largest absolute Gasteiger partial charge is 1.00 e. The molecule has 0 amide bonds. The summed E-state index contributed by atoms with van der Waals surface area (Å²) in [6.07, 6.45) is 5.50. The Morgan fingerprint density at radius 1 is 0.533 bits per heavy atom. The maximum absolute atomic E-state index is 10.1. The van der Waals surface area contributed by atoms with Crippen LogP contribution in [0.3, 0.4) is 0 Å². The van der Waals surface area contributed by atoms with Crippen LogP contribution in [0.25, 0.3) is 0 Å². The van der Waals surface area contributed by atoms with Crippen molar-refractivity contribution in [2.24, 2.45) is 0 Å². The molecule has 0 N–H and O–H groups in total. The van der Waals surface area contributed by atoms with E-state index in [2.05, 4.69) is 9.97 Å². The van der Waals surface area contributed by atoms with Crippen LogP contribution in [0.5, 0.6) is 0 Å². The number of carboxylic acids is 3. The molecular weight excluding hydrogens is 421 g/mol. The van der Waals surface area contributed by atoms with E-state index < -0.39 is 17.9 Å². The Balaban J connectivity index is -0.000000347. The Labute approximate surface area is 239 Å².